The Hall–Kier alpha value is -2.72. The van der Waals surface area contributed by atoms with Crippen LogP contribution in [-0.4, -0.2) is 74.0 Å². The van der Waals surface area contributed by atoms with Crippen LogP contribution < -0.4 is 20.1 Å². The highest BCUT2D eigenvalue weighted by molar-refractivity contribution is 6.31. The van der Waals surface area contributed by atoms with Crippen molar-refractivity contribution in [3.8, 4) is 11.5 Å². The highest BCUT2D eigenvalue weighted by Gasteiger charge is 2.18. The van der Waals surface area contributed by atoms with Gasteiger partial charge in [0.05, 0.1) is 36.9 Å². The van der Waals surface area contributed by atoms with E-state index in [0.717, 1.165) is 44.8 Å². The smallest absolute Gasteiger partial charge is 0.162 e. The van der Waals surface area contributed by atoms with E-state index >= 15 is 0 Å². The van der Waals surface area contributed by atoms with E-state index in [9.17, 15) is 4.39 Å². The largest absolute Gasteiger partial charge is 0.493 e. The lowest BCUT2D eigenvalue weighted by Crippen LogP contribution is -2.48. The normalized spacial score (nSPS) is 15.3. The lowest BCUT2D eigenvalue weighted by Gasteiger charge is -2.30. The fourth-order valence-corrected chi connectivity index (χ4v) is 4.08. The maximum atomic E-state index is 13.5. The number of likely N-dealkylation sites (N-methyl/N-ethyl adjacent to an activating group) is 1. The molecule has 3 aromatic rings. The second kappa shape index (κ2) is 11.6. The molecule has 4 rings (SSSR count). The van der Waals surface area contributed by atoms with Gasteiger partial charge in [0, 0.05) is 36.8 Å². The molecule has 2 heterocycles. The van der Waals surface area contributed by atoms with Crippen molar-refractivity contribution in [3.05, 3.63) is 47.5 Å². The zero-order chi connectivity index (χ0) is 23.9. The van der Waals surface area contributed by atoms with E-state index in [4.69, 9.17) is 25.8 Å². The van der Waals surface area contributed by atoms with Crippen LogP contribution in [0.5, 0.6) is 11.5 Å². The quantitative estimate of drug-likeness (QED) is 0.444. The first-order valence-corrected chi connectivity index (χ1v) is 11.7. The van der Waals surface area contributed by atoms with Crippen LogP contribution in [0.15, 0.2) is 36.7 Å². The lowest BCUT2D eigenvalue weighted by molar-refractivity contribution is 0.0307. The Kier molecular flexibility index (Phi) is 8.34. The second-order valence-corrected chi connectivity index (χ2v) is 8.38. The molecule has 2 N–H and O–H groups in total. The summed E-state index contributed by atoms with van der Waals surface area (Å²) in [6, 6.07) is 8.25. The second-order valence-electron chi connectivity index (χ2n) is 7.97. The number of nitrogens with one attached hydrogen (secondary N) is 2. The Morgan fingerprint density at radius 2 is 2.00 bits per heavy atom. The van der Waals surface area contributed by atoms with Crippen molar-refractivity contribution in [2.75, 3.05) is 58.4 Å². The van der Waals surface area contributed by atoms with Crippen LogP contribution in [0.3, 0.4) is 0 Å². The standard InChI is InChI=1S/C24H29ClFN5O3/c1-3-27-17(13-31-6-8-33-9-7-31)14-34-23-11-18-21(12-22(23)32-2)28-15-29-24(18)30-16-4-5-20(26)19(25)10-16/h4-5,10-12,15,17,27H,3,6-9,13-14H2,1-2H3,(H,28,29,30). The molecule has 1 unspecified atom stereocenters. The summed E-state index contributed by atoms with van der Waals surface area (Å²) in [4.78, 5) is 11.1. The number of ether oxygens (including phenoxy) is 3. The van der Waals surface area contributed by atoms with Gasteiger partial charge < -0.3 is 24.8 Å². The van der Waals surface area contributed by atoms with Crippen LogP contribution in [0.4, 0.5) is 15.9 Å². The summed E-state index contributed by atoms with van der Waals surface area (Å²) in [5.41, 5.74) is 1.30. The molecule has 0 aliphatic carbocycles. The monoisotopic (exact) mass is 489 g/mol. The minimum atomic E-state index is -0.479. The molecule has 0 spiro atoms. The molecule has 1 aromatic heterocycles. The van der Waals surface area contributed by atoms with E-state index < -0.39 is 5.82 Å². The zero-order valence-electron chi connectivity index (χ0n) is 19.3. The van der Waals surface area contributed by atoms with Gasteiger partial charge in [0.2, 0.25) is 0 Å². The summed E-state index contributed by atoms with van der Waals surface area (Å²) in [7, 11) is 1.60. The zero-order valence-corrected chi connectivity index (χ0v) is 20.1. The molecule has 8 nitrogen and oxygen atoms in total. The van der Waals surface area contributed by atoms with Crippen molar-refractivity contribution in [1.29, 1.82) is 0 Å². The molecule has 0 radical (unpaired) electrons. The number of morpholine rings is 1. The summed E-state index contributed by atoms with van der Waals surface area (Å²) >= 11 is 5.93. The molecule has 1 fully saturated rings. The molecular formula is C24H29ClFN5O3. The van der Waals surface area contributed by atoms with Crippen LogP contribution in [0.2, 0.25) is 5.02 Å². The van der Waals surface area contributed by atoms with Crippen LogP contribution in [0.25, 0.3) is 10.9 Å². The Bertz CT molecular complexity index is 1110. The number of aromatic nitrogens is 2. The summed E-state index contributed by atoms with van der Waals surface area (Å²) < 4.78 is 30.8. The van der Waals surface area contributed by atoms with E-state index in [1.165, 1.54) is 18.5 Å². The van der Waals surface area contributed by atoms with Crippen LogP contribution in [0.1, 0.15) is 6.92 Å². The number of fused-ring (bicyclic) bond motifs is 1. The molecule has 182 valence electrons. The Balaban J connectivity index is 1.56. The number of hydrogen-bond acceptors (Lipinski definition) is 8. The molecule has 2 aromatic carbocycles. The van der Waals surface area contributed by atoms with Gasteiger partial charge in [0.1, 0.15) is 24.6 Å². The summed E-state index contributed by atoms with van der Waals surface area (Å²) in [5.74, 6) is 1.25. The minimum Gasteiger partial charge on any atom is -0.493 e. The van der Waals surface area contributed by atoms with Gasteiger partial charge in [-0.2, -0.15) is 0 Å². The van der Waals surface area contributed by atoms with E-state index in [1.807, 2.05) is 12.1 Å². The summed E-state index contributed by atoms with van der Waals surface area (Å²) in [6.07, 6.45) is 1.46. The average Bonchev–Trinajstić information content (AvgIpc) is 2.85. The molecule has 1 saturated heterocycles. The third-order valence-electron chi connectivity index (χ3n) is 5.62. The van der Waals surface area contributed by atoms with Crippen LogP contribution >= 0.6 is 11.6 Å². The summed E-state index contributed by atoms with van der Waals surface area (Å²) in [6.45, 7) is 7.61. The van der Waals surface area contributed by atoms with Gasteiger partial charge in [-0.05, 0) is 30.8 Å². The number of nitrogens with zero attached hydrogens (tertiary/aromatic N) is 3. The first kappa shape index (κ1) is 24.4. The van der Waals surface area contributed by atoms with Crippen molar-refractivity contribution in [2.24, 2.45) is 0 Å². The third-order valence-corrected chi connectivity index (χ3v) is 5.91. The molecule has 1 atom stereocenters. The van der Waals surface area contributed by atoms with Gasteiger partial charge in [-0.15, -0.1) is 0 Å². The molecule has 10 heteroatoms. The summed E-state index contributed by atoms with van der Waals surface area (Å²) in [5, 5.41) is 7.46. The van der Waals surface area contributed by atoms with Gasteiger partial charge in [-0.1, -0.05) is 18.5 Å². The van der Waals surface area contributed by atoms with Crippen molar-refractivity contribution < 1.29 is 18.6 Å². The molecule has 34 heavy (non-hydrogen) atoms. The maximum Gasteiger partial charge on any atom is 0.162 e. The third kappa shape index (κ3) is 6.04. The maximum absolute atomic E-state index is 13.5. The van der Waals surface area contributed by atoms with Gasteiger partial charge in [0.15, 0.2) is 11.5 Å². The lowest BCUT2D eigenvalue weighted by atomic mass is 10.2. The number of halogens is 2. The number of anilines is 2. The Morgan fingerprint density at radius 3 is 2.74 bits per heavy atom. The average molecular weight is 490 g/mol. The minimum absolute atomic E-state index is 0.0313. The van der Waals surface area contributed by atoms with E-state index in [-0.39, 0.29) is 11.1 Å². The first-order valence-electron chi connectivity index (χ1n) is 11.3. The van der Waals surface area contributed by atoms with Gasteiger partial charge in [-0.3, -0.25) is 4.90 Å². The molecule has 0 saturated carbocycles. The van der Waals surface area contributed by atoms with E-state index in [2.05, 4.69) is 32.4 Å². The highest BCUT2D eigenvalue weighted by atomic mass is 35.5. The number of benzene rings is 2. The SMILES string of the molecule is CCNC(COc1cc2c(Nc3ccc(F)c(Cl)c3)ncnc2cc1OC)CN1CCOCC1. The number of methoxy groups -OCH3 is 1. The predicted molar refractivity (Wildman–Crippen MR) is 131 cm³/mol. The molecule has 1 aliphatic heterocycles. The highest BCUT2D eigenvalue weighted by Crippen LogP contribution is 2.35. The number of hydrogen-bond donors (Lipinski definition) is 2. The molecule has 0 bridgehead atoms. The topological polar surface area (TPSA) is 80.8 Å². The Morgan fingerprint density at radius 1 is 1.18 bits per heavy atom. The van der Waals surface area contributed by atoms with Crippen molar-refractivity contribution in [3.63, 3.8) is 0 Å². The fraction of sp³-hybridized carbons (Fsp3) is 0.417. The Labute approximate surface area is 203 Å². The molecular weight excluding hydrogens is 461 g/mol. The molecule has 1 aliphatic rings. The van der Waals surface area contributed by atoms with Crippen LogP contribution in [-0.2, 0) is 4.74 Å². The van der Waals surface area contributed by atoms with Gasteiger partial charge >= 0.3 is 0 Å². The predicted octanol–water partition coefficient (Wildman–Crippen LogP) is 3.86. The number of rotatable bonds is 10. The van der Waals surface area contributed by atoms with E-state index in [0.29, 0.717) is 35.1 Å². The molecule has 0 amide bonds. The van der Waals surface area contributed by atoms with Gasteiger partial charge in [-0.25, -0.2) is 14.4 Å². The first-order chi connectivity index (χ1) is 16.6. The van der Waals surface area contributed by atoms with Crippen molar-refractivity contribution in [1.82, 2.24) is 20.2 Å². The van der Waals surface area contributed by atoms with E-state index in [1.54, 1.807) is 13.2 Å². The van der Waals surface area contributed by atoms with Gasteiger partial charge in [0.25, 0.3) is 0 Å². The van der Waals surface area contributed by atoms with Crippen molar-refractivity contribution >= 4 is 34.0 Å². The fourth-order valence-electron chi connectivity index (χ4n) is 3.90. The van der Waals surface area contributed by atoms with Crippen LogP contribution in [0, 0.1) is 5.82 Å². The van der Waals surface area contributed by atoms with Crippen molar-refractivity contribution in [2.45, 2.75) is 13.0 Å².